The number of anilines is 1. The van der Waals surface area contributed by atoms with Crippen LogP contribution in [0, 0.1) is 0 Å². The summed E-state index contributed by atoms with van der Waals surface area (Å²) in [5.41, 5.74) is 3.53. The molecule has 0 aromatic heterocycles. The van der Waals surface area contributed by atoms with Crippen LogP contribution in [0.1, 0.15) is 23.1 Å². The van der Waals surface area contributed by atoms with Crippen LogP contribution in [0.4, 0.5) is 5.69 Å². The summed E-state index contributed by atoms with van der Waals surface area (Å²) in [5.74, 6) is 0. The Morgan fingerprint density at radius 2 is 1.32 bits per heavy atom. The smallest absolute Gasteiger partial charge is 0.119 e. The van der Waals surface area contributed by atoms with Crippen LogP contribution in [0.5, 0.6) is 0 Å². The maximum absolute atomic E-state index is 11.7. The van der Waals surface area contributed by atoms with E-state index in [0.717, 1.165) is 28.0 Å². The molecule has 2 nitrogen and oxygen atoms in total. The molecule has 0 aliphatic heterocycles. The lowest BCUT2D eigenvalue weighted by atomic mass is 9.80. The van der Waals surface area contributed by atoms with Crippen molar-refractivity contribution in [1.82, 2.24) is 0 Å². The van der Waals surface area contributed by atoms with Gasteiger partial charge in [0.05, 0.1) is 0 Å². The average molecular weight is 329 g/mol. The molecule has 0 saturated carbocycles. The highest BCUT2D eigenvalue weighted by Crippen LogP contribution is 2.39. The van der Waals surface area contributed by atoms with Crippen LogP contribution >= 0.6 is 0 Å². The first kappa shape index (κ1) is 17.0. The van der Waals surface area contributed by atoms with Gasteiger partial charge in [0, 0.05) is 24.7 Å². The third-order valence-corrected chi connectivity index (χ3v) is 4.55. The Kier molecular flexibility index (Phi) is 5.01. The van der Waals surface area contributed by atoms with Crippen molar-refractivity contribution in [2.24, 2.45) is 0 Å². The highest BCUT2D eigenvalue weighted by atomic mass is 16.3. The van der Waals surface area contributed by atoms with Crippen LogP contribution in [-0.4, -0.2) is 12.2 Å². The van der Waals surface area contributed by atoms with Crippen molar-refractivity contribution in [3.63, 3.8) is 0 Å². The van der Waals surface area contributed by atoms with Gasteiger partial charge in [0.1, 0.15) is 5.60 Å². The maximum atomic E-state index is 11.7. The van der Waals surface area contributed by atoms with Gasteiger partial charge in [-0.3, -0.25) is 0 Å². The van der Waals surface area contributed by atoms with E-state index in [1.165, 1.54) is 0 Å². The number of hydrogen-bond donors (Lipinski definition) is 2. The van der Waals surface area contributed by atoms with E-state index in [4.69, 9.17) is 0 Å². The molecule has 126 valence electrons. The third-order valence-electron chi connectivity index (χ3n) is 4.55. The molecule has 25 heavy (non-hydrogen) atoms. The van der Waals surface area contributed by atoms with Crippen molar-refractivity contribution in [2.45, 2.75) is 12.0 Å². The van der Waals surface area contributed by atoms with Crippen molar-refractivity contribution in [3.8, 4) is 0 Å². The molecule has 0 spiro atoms. The summed E-state index contributed by atoms with van der Waals surface area (Å²) in [4.78, 5) is 0. The first-order valence-corrected chi connectivity index (χ1v) is 8.43. The van der Waals surface area contributed by atoms with E-state index < -0.39 is 5.60 Å². The highest BCUT2D eigenvalue weighted by Gasteiger charge is 2.32. The molecular formula is C23H23NO. The largest absolute Gasteiger partial charge is 0.388 e. The van der Waals surface area contributed by atoms with Gasteiger partial charge in [0.2, 0.25) is 0 Å². The normalized spacial score (nSPS) is 11.1. The molecule has 0 bridgehead atoms. The Morgan fingerprint density at radius 1 is 0.840 bits per heavy atom. The van der Waals surface area contributed by atoms with E-state index in [1.807, 2.05) is 92.0 Å². The van der Waals surface area contributed by atoms with Crippen molar-refractivity contribution < 1.29 is 5.11 Å². The minimum Gasteiger partial charge on any atom is -0.388 e. The Bertz CT molecular complexity index is 801. The van der Waals surface area contributed by atoms with Gasteiger partial charge in [-0.2, -0.15) is 0 Å². The van der Waals surface area contributed by atoms with Crippen LogP contribution < -0.4 is 5.32 Å². The van der Waals surface area contributed by atoms with Gasteiger partial charge in [-0.15, -0.1) is 0 Å². The SMILES string of the molecule is C=C(CC(O)(c1ccccc1)c1ccccc1)c1ccccc1NC. The van der Waals surface area contributed by atoms with Crippen LogP contribution in [0.15, 0.2) is 91.5 Å². The zero-order chi connectivity index (χ0) is 17.7. The zero-order valence-electron chi connectivity index (χ0n) is 14.4. The van der Waals surface area contributed by atoms with Crippen molar-refractivity contribution in [1.29, 1.82) is 0 Å². The van der Waals surface area contributed by atoms with Gasteiger partial charge < -0.3 is 10.4 Å². The molecule has 0 heterocycles. The summed E-state index contributed by atoms with van der Waals surface area (Å²) in [5, 5.41) is 14.9. The molecule has 0 atom stereocenters. The quantitative estimate of drug-likeness (QED) is 0.662. The first-order chi connectivity index (χ1) is 12.1. The van der Waals surface area contributed by atoms with Crippen LogP contribution in [0.2, 0.25) is 0 Å². The van der Waals surface area contributed by atoms with E-state index in [-0.39, 0.29) is 0 Å². The molecular weight excluding hydrogens is 306 g/mol. The van der Waals surface area contributed by atoms with Crippen LogP contribution in [0.25, 0.3) is 5.57 Å². The lowest BCUT2D eigenvalue weighted by Gasteiger charge is -2.31. The number of aliphatic hydroxyl groups is 1. The van der Waals surface area contributed by atoms with Crippen molar-refractivity contribution in [2.75, 3.05) is 12.4 Å². The number of para-hydroxylation sites is 1. The topological polar surface area (TPSA) is 32.3 Å². The number of nitrogens with one attached hydrogen (secondary N) is 1. The molecule has 2 N–H and O–H groups in total. The number of hydrogen-bond acceptors (Lipinski definition) is 2. The lowest BCUT2D eigenvalue weighted by Crippen LogP contribution is -2.27. The number of benzene rings is 3. The molecule has 0 unspecified atom stereocenters. The minimum absolute atomic E-state index is 0.416. The number of rotatable bonds is 6. The first-order valence-electron chi connectivity index (χ1n) is 8.43. The van der Waals surface area contributed by atoms with E-state index in [9.17, 15) is 5.11 Å². The van der Waals surface area contributed by atoms with Gasteiger partial charge >= 0.3 is 0 Å². The summed E-state index contributed by atoms with van der Waals surface area (Å²) < 4.78 is 0. The molecule has 0 saturated heterocycles. The summed E-state index contributed by atoms with van der Waals surface area (Å²) in [7, 11) is 1.90. The standard InChI is InChI=1S/C23H23NO/c1-18(21-15-9-10-16-22(21)24-2)17-23(25,19-11-5-3-6-12-19)20-13-7-4-8-14-20/h3-16,24-25H,1,17H2,2H3. The van der Waals surface area contributed by atoms with Gasteiger partial charge in [-0.25, -0.2) is 0 Å². The molecule has 0 radical (unpaired) electrons. The highest BCUT2D eigenvalue weighted by molar-refractivity contribution is 5.76. The maximum Gasteiger partial charge on any atom is 0.119 e. The molecule has 2 heteroatoms. The minimum atomic E-state index is -1.12. The molecule has 0 aliphatic carbocycles. The molecule has 3 aromatic rings. The van der Waals surface area contributed by atoms with Crippen molar-refractivity contribution >= 4 is 11.3 Å². The Morgan fingerprint density at radius 3 is 1.84 bits per heavy atom. The Balaban J connectivity index is 2.03. The fraction of sp³-hybridized carbons (Fsp3) is 0.130. The van der Waals surface area contributed by atoms with Crippen LogP contribution in [0.3, 0.4) is 0 Å². The molecule has 0 aliphatic rings. The fourth-order valence-electron chi connectivity index (χ4n) is 3.21. The summed E-state index contributed by atoms with van der Waals surface area (Å²) >= 11 is 0. The summed E-state index contributed by atoms with van der Waals surface area (Å²) in [6, 6.07) is 27.6. The molecule has 0 fully saturated rings. The van der Waals surface area contributed by atoms with Crippen molar-refractivity contribution in [3.05, 3.63) is 108 Å². The van der Waals surface area contributed by atoms with Crippen LogP contribution in [-0.2, 0) is 5.60 Å². The van der Waals surface area contributed by atoms with Gasteiger partial charge in [0.25, 0.3) is 0 Å². The van der Waals surface area contributed by atoms with E-state index in [0.29, 0.717) is 6.42 Å². The monoisotopic (exact) mass is 329 g/mol. The Hall–Kier alpha value is -2.84. The van der Waals surface area contributed by atoms with Gasteiger partial charge in [-0.1, -0.05) is 85.4 Å². The average Bonchev–Trinajstić information content (AvgIpc) is 2.69. The summed E-state index contributed by atoms with van der Waals surface area (Å²) in [6.07, 6.45) is 0.416. The predicted molar refractivity (Wildman–Crippen MR) is 106 cm³/mol. The molecule has 3 rings (SSSR count). The van der Waals surface area contributed by atoms with Gasteiger partial charge in [0.15, 0.2) is 0 Å². The fourth-order valence-corrected chi connectivity index (χ4v) is 3.21. The van der Waals surface area contributed by atoms with E-state index in [1.54, 1.807) is 0 Å². The molecule has 0 amide bonds. The second kappa shape index (κ2) is 7.37. The Labute approximate surface area is 149 Å². The second-order valence-electron chi connectivity index (χ2n) is 6.17. The molecule has 3 aromatic carbocycles. The predicted octanol–water partition coefficient (Wildman–Crippen LogP) is 5.07. The zero-order valence-corrected chi connectivity index (χ0v) is 14.4. The van der Waals surface area contributed by atoms with Gasteiger partial charge in [-0.05, 0) is 22.8 Å². The third kappa shape index (κ3) is 3.49. The van der Waals surface area contributed by atoms with E-state index in [2.05, 4.69) is 11.9 Å². The summed E-state index contributed by atoms with van der Waals surface area (Å²) in [6.45, 7) is 4.27. The second-order valence-corrected chi connectivity index (χ2v) is 6.17. The lowest BCUT2D eigenvalue weighted by molar-refractivity contribution is 0.0867. The van der Waals surface area contributed by atoms with E-state index >= 15 is 0 Å².